The topological polar surface area (TPSA) is 84.9 Å². The highest BCUT2D eigenvalue weighted by Gasteiger charge is 2.21. The minimum absolute atomic E-state index is 0.0993. The Bertz CT molecular complexity index is 676. The normalized spacial score (nSPS) is 12.7. The quantitative estimate of drug-likeness (QED) is 0.671. The summed E-state index contributed by atoms with van der Waals surface area (Å²) in [4.78, 5) is 12.1. The zero-order valence-electron chi connectivity index (χ0n) is 15.5. The fourth-order valence-electron chi connectivity index (χ4n) is 2.46. The van der Waals surface area contributed by atoms with Gasteiger partial charge in [-0.3, -0.25) is 4.79 Å². The van der Waals surface area contributed by atoms with Gasteiger partial charge in [-0.1, -0.05) is 13.0 Å². The fourth-order valence-corrected chi connectivity index (χ4v) is 3.69. The first-order chi connectivity index (χ1) is 11.7. The SMILES string of the molecule is CCC(C)N(CCNC(=O)Cc1ccc(OC)c(OC)c1)S(C)(=O)=O. The summed E-state index contributed by atoms with van der Waals surface area (Å²) < 4.78 is 35.4. The zero-order chi connectivity index (χ0) is 19.0. The van der Waals surface area contributed by atoms with Crippen molar-refractivity contribution >= 4 is 15.9 Å². The van der Waals surface area contributed by atoms with Crippen LogP contribution in [-0.4, -0.2) is 58.2 Å². The van der Waals surface area contributed by atoms with E-state index in [-0.39, 0.29) is 31.5 Å². The summed E-state index contributed by atoms with van der Waals surface area (Å²) in [5.41, 5.74) is 0.789. The van der Waals surface area contributed by atoms with E-state index in [1.54, 1.807) is 25.3 Å². The number of carbonyl (C=O) groups is 1. The van der Waals surface area contributed by atoms with E-state index in [4.69, 9.17) is 9.47 Å². The maximum Gasteiger partial charge on any atom is 0.224 e. The van der Waals surface area contributed by atoms with Crippen LogP contribution in [0.25, 0.3) is 0 Å². The van der Waals surface area contributed by atoms with E-state index in [2.05, 4.69) is 5.32 Å². The first-order valence-electron chi connectivity index (χ1n) is 8.17. The lowest BCUT2D eigenvalue weighted by atomic mass is 10.1. The molecule has 1 amide bonds. The van der Waals surface area contributed by atoms with Crippen LogP contribution >= 0.6 is 0 Å². The summed E-state index contributed by atoms with van der Waals surface area (Å²) in [5.74, 6) is 0.988. The Morgan fingerprint density at radius 3 is 2.40 bits per heavy atom. The number of carbonyl (C=O) groups excluding carboxylic acids is 1. The first-order valence-corrected chi connectivity index (χ1v) is 10.0. The van der Waals surface area contributed by atoms with E-state index >= 15 is 0 Å². The van der Waals surface area contributed by atoms with Crippen LogP contribution in [0.4, 0.5) is 0 Å². The summed E-state index contributed by atoms with van der Waals surface area (Å²) >= 11 is 0. The molecule has 25 heavy (non-hydrogen) atoms. The molecule has 1 aromatic rings. The summed E-state index contributed by atoms with van der Waals surface area (Å²) in [7, 11) is -0.209. The van der Waals surface area contributed by atoms with Gasteiger partial charge in [0.05, 0.1) is 26.9 Å². The number of methoxy groups -OCH3 is 2. The van der Waals surface area contributed by atoms with Gasteiger partial charge in [0.1, 0.15) is 0 Å². The smallest absolute Gasteiger partial charge is 0.224 e. The highest BCUT2D eigenvalue weighted by atomic mass is 32.2. The van der Waals surface area contributed by atoms with Crippen LogP contribution in [0.2, 0.25) is 0 Å². The molecule has 8 heteroatoms. The molecule has 1 aromatic carbocycles. The molecule has 0 saturated carbocycles. The van der Waals surface area contributed by atoms with Crippen molar-refractivity contribution in [1.29, 1.82) is 0 Å². The second-order valence-corrected chi connectivity index (χ2v) is 7.78. The fraction of sp³-hybridized carbons (Fsp3) is 0.588. The number of nitrogens with zero attached hydrogens (tertiary/aromatic N) is 1. The van der Waals surface area contributed by atoms with Crippen molar-refractivity contribution < 1.29 is 22.7 Å². The third kappa shape index (κ3) is 6.55. The maximum atomic E-state index is 12.1. The Hall–Kier alpha value is -1.80. The summed E-state index contributed by atoms with van der Waals surface area (Å²) in [5, 5.41) is 2.76. The standard InChI is InChI=1S/C17H28N2O5S/c1-6-13(2)19(25(5,21)22)10-9-18-17(20)12-14-7-8-15(23-3)16(11-14)24-4/h7-8,11,13H,6,9-10,12H2,1-5H3,(H,18,20). The van der Waals surface area contributed by atoms with Crippen LogP contribution in [-0.2, 0) is 21.2 Å². The summed E-state index contributed by atoms with van der Waals surface area (Å²) in [6.07, 6.45) is 2.08. The van der Waals surface area contributed by atoms with Gasteiger partial charge in [0.2, 0.25) is 15.9 Å². The second kappa shape index (κ2) is 9.62. The molecule has 1 atom stereocenters. The summed E-state index contributed by atoms with van der Waals surface area (Å²) in [6, 6.07) is 5.19. The minimum atomic E-state index is -3.30. The van der Waals surface area contributed by atoms with E-state index in [9.17, 15) is 13.2 Å². The Balaban J connectivity index is 2.60. The van der Waals surface area contributed by atoms with Crippen LogP contribution in [0.1, 0.15) is 25.8 Å². The molecule has 1 rings (SSSR count). The predicted octanol–water partition coefficient (Wildman–Crippen LogP) is 1.42. The Morgan fingerprint density at radius 1 is 1.24 bits per heavy atom. The third-order valence-corrected chi connectivity index (χ3v) is 5.37. The molecular formula is C17H28N2O5S. The molecule has 0 aromatic heterocycles. The molecule has 0 radical (unpaired) electrons. The molecule has 0 spiro atoms. The van der Waals surface area contributed by atoms with Gasteiger partial charge in [0.15, 0.2) is 11.5 Å². The molecular weight excluding hydrogens is 344 g/mol. The van der Waals surface area contributed by atoms with Gasteiger partial charge < -0.3 is 14.8 Å². The van der Waals surface area contributed by atoms with E-state index in [0.717, 1.165) is 5.56 Å². The number of sulfonamides is 1. The van der Waals surface area contributed by atoms with Gasteiger partial charge in [-0.05, 0) is 31.0 Å². The number of hydrogen-bond donors (Lipinski definition) is 1. The molecule has 0 aliphatic heterocycles. The molecule has 0 heterocycles. The van der Waals surface area contributed by atoms with E-state index in [1.807, 2.05) is 13.8 Å². The highest BCUT2D eigenvalue weighted by molar-refractivity contribution is 7.88. The van der Waals surface area contributed by atoms with Crippen molar-refractivity contribution in [3.05, 3.63) is 23.8 Å². The van der Waals surface area contributed by atoms with Crippen LogP contribution in [0.15, 0.2) is 18.2 Å². The molecule has 0 saturated heterocycles. The number of rotatable bonds is 10. The largest absolute Gasteiger partial charge is 0.493 e. The molecule has 0 bridgehead atoms. The number of ether oxygens (including phenoxy) is 2. The van der Waals surface area contributed by atoms with Crippen LogP contribution in [0.5, 0.6) is 11.5 Å². The number of benzene rings is 1. The van der Waals surface area contributed by atoms with E-state index in [1.165, 1.54) is 17.7 Å². The first kappa shape index (κ1) is 21.2. The monoisotopic (exact) mass is 372 g/mol. The molecule has 1 N–H and O–H groups in total. The van der Waals surface area contributed by atoms with Crippen LogP contribution < -0.4 is 14.8 Å². The average molecular weight is 372 g/mol. The Kier molecular flexibility index (Phi) is 8.18. The Morgan fingerprint density at radius 2 is 1.88 bits per heavy atom. The number of nitrogens with one attached hydrogen (secondary N) is 1. The molecule has 0 aliphatic carbocycles. The van der Waals surface area contributed by atoms with Crippen molar-refractivity contribution in [2.45, 2.75) is 32.7 Å². The number of amides is 1. The Labute approximate surface area is 150 Å². The molecule has 1 unspecified atom stereocenters. The minimum Gasteiger partial charge on any atom is -0.493 e. The van der Waals surface area contributed by atoms with Crippen molar-refractivity contribution in [3.8, 4) is 11.5 Å². The van der Waals surface area contributed by atoms with Crippen molar-refractivity contribution in [2.75, 3.05) is 33.6 Å². The van der Waals surface area contributed by atoms with Gasteiger partial charge in [0, 0.05) is 19.1 Å². The van der Waals surface area contributed by atoms with E-state index in [0.29, 0.717) is 17.9 Å². The lowest BCUT2D eigenvalue weighted by Gasteiger charge is -2.26. The van der Waals surface area contributed by atoms with Gasteiger partial charge in [0.25, 0.3) is 0 Å². The molecule has 7 nitrogen and oxygen atoms in total. The molecule has 0 aliphatic rings. The van der Waals surface area contributed by atoms with Gasteiger partial charge >= 0.3 is 0 Å². The van der Waals surface area contributed by atoms with Crippen molar-refractivity contribution in [1.82, 2.24) is 9.62 Å². The van der Waals surface area contributed by atoms with Crippen molar-refractivity contribution in [3.63, 3.8) is 0 Å². The lowest BCUT2D eigenvalue weighted by molar-refractivity contribution is -0.120. The predicted molar refractivity (Wildman–Crippen MR) is 97.6 cm³/mol. The third-order valence-electron chi connectivity index (χ3n) is 3.98. The second-order valence-electron chi connectivity index (χ2n) is 5.85. The van der Waals surface area contributed by atoms with E-state index < -0.39 is 10.0 Å². The molecule has 142 valence electrons. The molecule has 0 fully saturated rings. The van der Waals surface area contributed by atoms with Gasteiger partial charge in [-0.25, -0.2) is 8.42 Å². The van der Waals surface area contributed by atoms with Gasteiger partial charge in [-0.2, -0.15) is 4.31 Å². The summed E-state index contributed by atoms with van der Waals surface area (Å²) in [6.45, 7) is 4.31. The van der Waals surface area contributed by atoms with Crippen LogP contribution in [0, 0.1) is 0 Å². The van der Waals surface area contributed by atoms with Crippen molar-refractivity contribution in [2.24, 2.45) is 0 Å². The average Bonchev–Trinajstić information content (AvgIpc) is 2.56. The van der Waals surface area contributed by atoms with Gasteiger partial charge in [-0.15, -0.1) is 0 Å². The highest BCUT2D eigenvalue weighted by Crippen LogP contribution is 2.27. The zero-order valence-corrected chi connectivity index (χ0v) is 16.4. The van der Waals surface area contributed by atoms with Crippen LogP contribution in [0.3, 0.4) is 0 Å². The lowest BCUT2D eigenvalue weighted by Crippen LogP contribution is -2.43. The maximum absolute atomic E-state index is 12.1. The number of hydrogen-bond acceptors (Lipinski definition) is 5.